The lowest BCUT2D eigenvalue weighted by Crippen LogP contribution is -2.32. The van der Waals surface area contributed by atoms with E-state index in [0.717, 1.165) is 18.5 Å². The fraction of sp³-hybridized carbons (Fsp3) is 0.370. The Morgan fingerprint density at radius 3 is 2.43 bits per heavy atom. The van der Waals surface area contributed by atoms with Gasteiger partial charge < -0.3 is 29.9 Å². The molecule has 0 amide bonds. The maximum atomic E-state index is 13.4. The molecule has 6 rings (SSSR count). The van der Waals surface area contributed by atoms with Gasteiger partial charge in [0.05, 0.1) is 11.4 Å². The molecule has 0 saturated heterocycles. The molecule has 4 aromatic rings. The largest absolute Gasteiger partial charge is 0.490 e. The van der Waals surface area contributed by atoms with Crippen LogP contribution in [0.3, 0.4) is 0 Å². The van der Waals surface area contributed by atoms with Gasteiger partial charge >= 0.3 is 12.3 Å². The number of aliphatic hydroxyl groups is 4. The van der Waals surface area contributed by atoms with Crippen molar-refractivity contribution in [2.24, 2.45) is 0 Å². The van der Waals surface area contributed by atoms with Crippen molar-refractivity contribution in [3.8, 4) is 34.4 Å². The number of aromatic nitrogens is 6. The summed E-state index contributed by atoms with van der Waals surface area (Å²) in [6, 6.07) is 5.54. The van der Waals surface area contributed by atoms with E-state index in [4.69, 9.17) is 9.47 Å². The Morgan fingerprint density at radius 2 is 1.74 bits per heavy atom. The second-order valence-corrected chi connectivity index (χ2v) is 10.3. The molecule has 1 atom stereocenters. The van der Waals surface area contributed by atoms with Gasteiger partial charge in [-0.05, 0) is 38.8 Å². The summed E-state index contributed by atoms with van der Waals surface area (Å²) < 4.78 is 52.3. The van der Waals surface area contributed by atoms with Crippen LogP contribution in [-0.4, -0.2) is 63.1 Å². The Labute approximate surface area is 236 Å². The highest BCUT2D eigenvalue weighted by molar-refractivity contribution is 5.67. The maximum Gasteiger partial charge on any atom is 0.434 e. The summed E-state index contributed by atoms with van der Waals surface area (Å²) in [4.78, 5) is 21.5. The van der Waals surface area contributed by atoms with Crippen LogP contribution >= 0.6 is 0 Å². The molecular weight excluding hydrogens is 561 g/mol. The summed E-state index contributed by atoms with van der Waals surface area (Å²) in [5.74, 6) is 0.121. The Bertz CT molecular complexity index is 1680. The van der Waals surface area contributed by atoms with Crippen molar-refractivity contribution < 1.29 is 43.1 Å². The van der Waals surface area contributed by atoms with E-state index < -0.39 is 29.4 Å². The Morgan fingerprint density at radius 1 is 1.00 bits per heavy atom. The summed E-state index contributed by atoms with van der Waals surface area (Å²) in [6.07, 6.45) is -5.07. The van der Waals surface area contributed by atoms with Gasteiger partial charge in [0.2, 0.25) is 5.88 Å². The van der Waals surface area contributed by atoms with E-state index in [1.165, 1.54) is 31.5 Å². The highest BCUT2D eigenvalue weighted by Gasteiger charge is 2.39. The lowest BCUT2D eigenvalue weighted by atomic mass is 9.90. The number of hydrogen-bond donors (Lipinski definition) is 4. The minimum Gasteiger partial charge on any atom is -0.490 e. The molecule has 0 radical (unpaired) electrons. The van der Waals surface area contributed by atoms with Gasteiger partial charge in [-0.25, -0.2) is 24.9 Å². The smallest absolute Gasteiger partial charge is 0.434 e. The predicted molar refractivity (Wildman–Crippen MR) is 137 cm³/mol. The molecule has 2 bridgehead atoms. The van der Waals surface area contributed by atoms with Crippen LogP contribution in [0, 0.1) is 6.92 Å². The van der Waals surface area contributed by atoms with Crippen molar-refractivity contribution in [1.82, 2.24) is 29.5 Å². The van der Waals surface area contributed by atoms with Crippen LogP contribution in [0.15, 0.2) is 36.8 Å². The number of alkyl halides is 3. The second kappa shape index (κ2) is 9.69. The molecule has 1 saturated carbocycles. The van der Waals surface area contributed by atoms with E-state index in [1.807, 2.05) is 0 Å². The molecule has 1 aliphatic carbocycles. The quantitative estimate of drug-likeness (QED) is 0.260. The van der Waals surface area contributed by atoms with E-state index in [9.17, 15) is 33.6 Å². The van der Waals surface area contributed by atoms with E-state index in [-0.39, 0.29) is 64.2 Å². The zero-order valence-electron chi connectivity index (χ0n) is 22.3. The number of hydrogen-bond acceptors (Lipinski definition) is 11. The summed E-state index contributed by atoms with van der Waals surface area (Å²) in [5.41, 5.74) is -1.14. The topological polar surface area (TPSA) is 169 Å². The number of benzene rings is 1. The van der Waals surface area contributed by atoms with Gasteiger partial charge in [-0.15, -0.1) is 0 Å². The van der Waals surface area contributed by atoms with Crippen molar-refractivity contribution in [2.75, 3.05) is 13.2 Å². The van der Waals surface area contributed by atoms with E-state index >= 15 is 0 Å². The average molecular weight is 587 g/mol. The number of rotatable bonds is 3. The Hall–Kier alpha value is -4.18. The third-order valence-corrected chi connectivity index (χ3v) is 7.05. The minimum atomic E-state index is -4.94. The first-order valence-corrected chi connectivity index (χ1v) is 12.9. The van der Waals surface area contributed by atoms with Crippen LogP contribution in [0.4, 0.5) is 13.2 Å². The first-order chi connectivity index (χ1) is 19.7. The minimum absolute atomic E-state index is 0.0154. The van der Waals surface area contributed by atoms with Crippen molar-refractivity contribution in [2.45, 2.75) is 50.5 Å². The highest BCUT2D eigenvalue weighted by atomic mass is 19.4. The molecule has 4 heterocycles. The van der Waals surface area contributed by atoms with Gasteiger partial charge in [0.1, 0.15) is 42.3 Å². The molecule has 0 spiro atoms. The van der Waals surface area contributed by atoms with Gasteiger partial charge in [-0.2, -0.15) is 13.2 Å². The molecule has 15 heteroatoms. The predicted octanol–water partition coefficient (Wildman–Crippen LogP) is 2.57. The van der Waals surface area contributed by atoms with Crippen LogP contribution in [0.25, 0.3) is 22.8 Å². The van der Waals surface area contributed by atoms with Crippen molar-refractivity contribution >= 4 is 0 Å². The molecule has 3 aromatic heterocycles. The monoisotopic (exact) mass is 586 g/mol. The third-order valence-electron chi connectivity index (χ3n) is 7.05. The number of nitrogens with zero attached hydrogens (tertiary/aromatic N) is 6. The molecular formula is C27H25F3N6O6. The number of aryl methyl sites for hydroxylation is 1. The van der Waals surface area contributed by atoms with Gasteiger partial charge in [0.25, 0.3) is 0 Å². The van der Waals surface area contributed by atoms with Crippen LogP contribution < -0.4 is 9.47 Å². The number of fused-ring (bicyclic) bond motifs is 5. The highest BCUT2D eigenvalue weighted by Crippen LogP contribution is 2.46. The summed E-state index contributed by atoms with van der Waals surface area (Å²) in [7, 11) is 0. The number of imidazole rings is 1. The Balaban J connectivity index is 1.51. The standard InChI is InChI=1S/C27H25F3N6O6/c1-13-9-18-25(2,37)16-6-5-15(23-35-19(26(28,29)30)11-36(23)27(38,39)40)10-17(16)41-7-8-42-24-20(22(33-13)34-18)21(14-3-4-14)31-12-32-24/h5-6,9-12,14,37-40H,3-4,7-8H2,1-2H3. The fourth-order valence-corrected chi connectivity index (χ4v) is 4.86. The SMILES string of the molecule is Cc1cc2nc(n1)-c1c(ncnc1C1CC1)OCCOc1cc(-c3nc(C(F)(F)F)cn3C(O)(O)O)ccc1C2(C)O. The third kappa shape index (κ3) is 5.04. The zero-order chi connectivity index (χ0) is 30.0. The summed E-state index contributed by atoms with van der Waals surface area (Å²) in [5, 5.41) is 41.1. The van der Waals surface area contributed by atoms with E-state index in [0.29, 0.717) is 11.3 Å². The lowest BCUT2D eigenvalue weighted by Gasteiger charge is -2.28. The summed E-state index contributed by atoms with van der Waals surface area (Å²) >= 11 is 0. The van der Waals surface area contributed by atoms with Gasteiger partial charge in [-0.1, -0.05) is 12.1 Å². The van der Waals surface area contributed by atoms with Crippen molar-refractivity contribution in [1.29, 1.82) is 0 Å². The Kier molecular flexibility index (Phi) is 6.45. The molecule has 2 aliphatic rings. The van der Waals surface area contributed by atoms with Gasteiger partial charge in [0, 0.05) is 28.9 Å². The number of ether oxygens (including phenoxy) is 2. The van der Waals surface area contributed by atoms with E-state index in [2.05, 4.69) is 24.9 Å². The molecule has 220 valence electrons. The summed E-state index contributed by atoms with van der Waals surface area (Å²) in [6.45, 7) is 3.13. The first-order valence-electron chi connectivity index (χ1n) is 12.9. The molecule has 1 unspecified atom stereocenters. The molecule has 42 heavy (non-hydrogen) atoms. The van der Waals surface area contributed by atoms with E-state index in [1.54, 1.807) is 13.0 Å². The van der Waals surface area contributed by atoms with Crippen molar-refractivity contribution in [3.63, 3.8) is 0 Å². The zero-order valence-corrected chi connectivity index (χ0v) is 22.3. The lowest BCUT2D eigenvalue weighted by molar-refractivity contribution is -0.374. The molecule has 4 N–H and O–H groups in total. The fourth-order valence-electron chi connectivity index (χ4n) is 4.86. The molecule has 12 nitrogen and oxygen atoms in total. The maximum absolute atomic E-state index is 13.4. The van der Waals surface area contributed by atoms with Crippen LogP contribution in [-0.2, 0) is 17.9 Å². The molecule has 1 aliphatic heterocycles. The van der Waals surface area contributed by atoms with Gasteiger partial charge in [-0.3, -0.25) is 4.57 Å². The average Bonchev–Trinajstić information content (AvgIpc) is 3.64. The normalized spacial score (nSPS) is 19.1. The van der Waals surface area contributed by atoms with Gasteiger partial charge in [0.15, 0.2) is 11.5 Å². The first kappa shape index (κ1) is 28.0. The van der Waals surface area contributed by atoms with Crippen LogP contribution in [0.5, 0.6) is 11.6 Å². The number of halogens is 3. The molecule has 1 fully saturated rings. The van der Waals surface area contributed by atoms with Crippen molar-refractivity contribution in [3.05, 3.63) is 65.1 Å². The van der Waals surface area contributed by atoms with Crippen LogP contribution in [0.1, 0.15) is 54.0 Å². The molecule has 1 aromatic carbocycles. The van der Waals surface area contributed by atoms with Crippen LogP contribution in [0.2, 0.25) is 0 Å². The second-order valence-electron chi connectivity index (χ2n) is 10.3.